The van der Waals surface area contributed by atoms with E-state index in [1.807, 2.05) is 0 Å². The minimum Gasteiger partial charge on any atom is -0.759 e. The van der Waals surface area contributed by atoms with Gasteiger partial charge in [0.05, 0.1) is 0 Å². The predicted molar refractivity (Wildman–Crippen MR) is 23.0 cm³/mol. The second kappa shape index (κ2) is 5.27. The Hall–Kier alpha value is 1.13. The average molecular weight is 152 g/mol. The van der Waals surface area contributed by atoms with Crippen LogP contribution in [0.1, 0.15) is 7.43 Å². The molecular weight excluding hydrogens is 148 g/mol. The summed E-state index contributed by atoms with van der Waals surface area (Å²) in [5.41, 5.74) is 0. The molecule has 6 heteroatoms. The van der Waals surface area contributed by atoms with Crippen LogP contribution in [0, 0.1) is 0 Å². The van der Waals surface area contributed by atoms with Crippen molar-refractivity contribution in [1.82, 2.24) is 0 Å². The van der Waals surface area contributed by atoms with E-state index in [0.717, 1.165) is 0 Å². The van der Waals surface area contributed by atoms with E-state index in [-0.39, 0.29) is 45.2 Å². The van der Waals surface area contributed by atoms with Crippen LogP contribution in [-0.2, 0) is 10.4 Å². The van der Waals surface area contributed by atoms with Gasteiger partial charge in [-0.1, -0.05) is 7.43 Å². The monoisotopic (exact) mass is 152 g/mol. The summed E-state index contributed by atoms with van der Waals surface area (Å²) in [6.45, 7) is 0. The van der Waals surface area contributed by atoms with Crippen molar-refractivity contribution in [3.8, 4) is 0 Å². The van der Waals surface area contributed by atoms with Crippen LogP contribution in [0.4, 0.5) is 0 Å². The molecule has 0 saturated carbocycles. The van der Waals surface area contributed by atoms with E-state index in [2.05, 4.69) is 0 Å². The summed E-state index contributed by atoms with van der Waals surface area (Å²) in [6, 6.07) is 0. The molecule has 0 aliphatic heterocycles. The summed E-state index contributed by atoms with van der Waals surface area (Å²) < 4.78 is 34.1. The first-order chi connectivity index (χ1) is 2.00. The molecule has 0 fully saturated rings. The Morgan fingerprint density at radius 2 is 1.14 bits per heavy atom. The van der Waals surface area contributed by atoms with Crippen LogP contribution in [0.25, 0.3) is 0 Å². The molecule has 0 aliphatic carbocycles. The molecule has 0 unspecified atom stereocenters. The van der Waals surface area contributed by atoms with Gasteiger partial charge in [0.15, 0.2) is 0 Å². The van der Waals surface area contributed by atoms with Gasteiger partial charge in [0, 0.05) is 10.4 Å². The zero-order chi connectivity index (χ0) is 4.50. The minimum atomic E-state index is -5.17. The van der Waals surface area contributed by atoms with Crippen molar-refractivity contribution in [1.29, 1.82) is 0 Å². The van der Waals surface area contributed by atoms with E-state index < -0.39 is 10.4 Å². The molecule has 0 saturated heterocycles. The number of hydrogen-bond acceptors (Lipinski definition) is 4. The first-order valence-corrected chi connectivity index (χ1v) is 2.00. The molecule has 0 radical (unpaired) electrons. The fourth-order valence-corrected chi connectivity index (χ4v) is 0. The van der Waals surface area contributed by atoms with Crippen molar-refractivity contribution in [2.75, 3.05) is 0 Å². The van der Waals surface area contributed by atoms with E-state index in [1.54, 1.807) is 0 Å². The fraction of sp³-hybridized carbons (Fsp3) is 1.00. The van der Waals surface area contributed by atoms with Crippen molar-refractivity contribution >= 4 is 48.1 Å². The molecule has 0 aromatic carbocycles. The maximum atomic E-state index is 8.52. The van der Waals surface area contributed by atoms with Gasteiger partial charge in [-0.05, 0) is 0 Å². The molecule has 0 amide bonds. The van der Waals surface area contributed by atoms with Gasteiger partial charge in [-0.2, -0.15) is 0 Å². The van der Waals surface area contributed by atoms with Gasteiger partial charge in [-0.25, -0.2) is 0 Å². The molecule has 40 valence electrons. The summed E-state index contributed by atoms with van der Waals surface area (Å²) in [4.78, 5) is 0. The van der Waals surface area contributed by atoms with E-state index in [0.29, 0.717) is 0 Å². The number of rotatable bonds is 0. The first kappa shape index (κ1) is 15.7. The van der Waals surface area contributed by atoms with Crippen molar-refractivity contribution in [3.63, 3.8) is 0 Å². The smallest absolute Gasteiger partial charge is 0.759 e. The largest absolute Gasteiger partial charge is 2.00 e. The maximum Gasteiger partial charge on any atom is 2.00 e. The van der Waals surface area contributed by atoms with Crippen LogP contribution in [0.5, 0.6) is 0 Å². The Morgan fingerprint density at radius 3 is 1.14 bits per heavy atom. The molecule has 4 nitrogen and oxygen atoms in total. The molecule has 0 aromatic heterocycles. The summed E-state index contributed by atoms with van der Waals surface area (Å²) in [5.74, 6) is 0. The molecular formula is CH4CaO4S. The van der Waals surface area contributed by atoms with Crippen LogP contribution >= 0.6 is 0 Å². The molecule has 0 N–H and O–H groups in total. The van der Waals surface area contributed by atoms with Crippen LogP contribution < -0.4 is 0 Å². The minimum absolute atomic E-state index is 0. The van der Waals surface area contributed by atoms with Gasteiger partial charge >= 0.3 is 37.7 Å². The van der Waals surface area contributed by atoms with E-state index in [4.69, 9.17) is 17.5 Å². The van der Waals surface area contributed by atoms with Gasteiger partial charge in [0.1, 0.15) is 0 Å². The second-order valence-electron chi connectivity index (χ2n) is 0.408. The van der Waals surface area contributed by atoms with Gasteiger partial charge in [0.2, 0.25) is 0 Å². The zero-order valence-electron chi connectivity index (χ0n) is 2.75. The third kappa shape index (κ3) is 147. The molecule has 7 heavy (non-hydrogen) atoms. The number of hydrogen-bond donors (Lipinski definition) is 0. The fourth-order valence-electron chi connectivity index (χ4n) is 0. The van der Waals surface area contributed by atoms with Crippen LogP contribution in [0.2, 0.25) is 0 Å². The second-order valence-corrected chi connectivity index (χ2v) is 1.22. The Bertz CT molecular complexity index is 94.9. The molecule has 0 aromatic rings. The normalized spacial score (nSPS) is 8.29. The zero-order valence-corrected chi connectivity index (χ0v) is 5.77. The van der Waals surface area contributed by atoms with Gasteiger partial charge in [-0.15, -0.1) is 0 Å². The third-order valence-electron chi connectivity index (χ3n) is 0. The summed E-state index contributed by atoms with van der Waals surface area (Å²) in [5, 5.41) is 0. The molecule has 0 spiro atoms. The maximum absolute atomic E-state index is 8.52. The van der Waals surface area contributed by atoms with E-state index >= 15 is 0 Å². The first-order valence-electron chi connectivity index (χ1n) is 0.667. The van der Waals surface area contributed by atoms with Gasteiger partial charge in [-0.3, -0.25) is 8.42 Å². The van der Waals surface area contributed by atoms with Gasteiger partial charge in [0.25, 0.3) is 0 Å². The van der Waals surface area contributed by atoms with Crippen LogP contribution in [-0.4, -0.2) is 55.3 Å². The van der Waals surface area contributed by atoms with Crippen molar-refractivity contribution < 1.29 is 17.5 Å². The third-order valence-corrected chi connectivity index (χ3v) is 0. The quantitative estimate of drug-likeness (QED) is 0.251. The summed E-state index contributed by atoms with van der Waals surface area (Å²) in [7, 11) is -5.17. The molecule has 0 rings (SSSR count). The van der Waals surface area contributed by atoms with E-state index in [9.17, 15) is 0 Å². The van der Waals surface area contributed by atoms with Gasteiger partial charge < -0.3 is 9.11 Å². The molecule has 0 heterocycles. The summed E-state index contributed by atoms with van der Waals surface area (Å²) >= 11 is 0. The van der Waals surface area contributed by atoms with Crippen molar-refractivity contribution in [2.24, 2.45) is 0 Å². The Kier molecular flexibility index (Phi) is 11.8. The van der Waals surface area contributed by atoms with Crippen LogP contribution in [0.15, 0.2) is 0 Å². The predicted octanol–water partition coefficient (Wildman–Crippen LogP) is -1.08. The standard InChI is InChI=1S/CH4.Ca.H2O4S/c;;1-5(2,3)4/h1H4;;(H2,1,2,3,4)/q;+2;/p-2. The van der Waals surface area contributed by atoms with E-state index in [1.165, 1.54) is 0 Å². The van der Waals surface area contributed by atoms with Crippen molar-refractivity contribution in [3.05, 3.63) is 0 Å². The SMILES string of the molecule is C.O=S(=O)([O-])[O-].[Ca+2]. The molecule has 0 atom stereocenters. The average Bonchev–Trinajstić information content (AvgIpc) is 0.722. The Labute approximate surface area is 72.5 Å². The topological polar surface area (TPSA) is 80.3 Å². The Morgan fingerprint density at radius 1 is 1.14 bits per heavy atom. The van der Waals surface area contributed by atoms with Crippen molar-refractivity contribution in [2.45, 2.75) is 7.43 Å². The molecule has 0 aliphatic rings. The summed E-state index contributed by atoms with van der Waals surface area (Å²) in [6.07, 6.45) is 0. The van der Waals surface area contributed by atoms with Crippen LogP contribution in [0.3, 0.4) is 0 Å². The Balaban J connectivity index is -0.0000000800. The molecule has 0 bridgehead atoms.